The predicted octanol–water partition coefficient (Wildman–Crippen LogP) is 2.20. The summed E-state index contributed by atoms with van der Waals surface area (Å²) in [6.07, 6.45) is 1.47. The van der Waals surface area contributed by atoms with Crippen LogP contribution >= 0.6 is 11.5 Å². The summed E-state index contributed by atoms with van der Waals surface area (Å²) in [7, 11) is 0. The zero-order chi connectivity index (χ0) is 19.0. The maximum absolute atomic E-state index is 12.9. The molecular formula is C19H19N3O4S. The highest BCUT2D eigenvalue weighted by Gasteiger charge is 2.30. The van der Waals surface area contributed by atoms with Crippen molar-refractivity contribution in [1.29, 1.82) is 0 Å². The van der Waals surface area contributed by atoms with Crippen LogP contribution in [0.5, 0.6) is 0 Å². The molecule has 1 fully saturated rings. The van der Waals surface area contributed by atoms with E-state index in [0.29, 0.717) is 37.3 Å². The third-order valence-electron chi connectivity index (χ3n) is 4.83. The molecule has 1 saturated heterocycles. The van der Waals surface area contributed by atoms with Gasteiger partial charge in [-0.3, -0.25) is 18.3 Å². The molecular weight excluding hydrogens is 366 g/mol. The first kappa shape index (κ1) is 17.5. The van der Waals surface area contributed by atoms with Crippen LogP contribution < -0.4 is 5.56 Å². The monoisotopic (exact) mass is 385 g/mol. The second-order valence-corrected chi connectivity index (χ2v) is 7.50. The van der Waals surface area contributed by atoms with Crippen molar-refractivity contribution < 1.29 is 14.0 Å². The number of amides is 2. The fourth-order valence-corrected chi connectivity index (χ4v) is 4.33. The van der Waals surface area contributed by atoms with Gasteiger partial charge in [0.2, 0.25) is 5.91 Å². The molecule has 1 unspecified atom stereocenters. The molecule has 2 amide bonds. The minimum absolute atomic E-state index is 0.103. The molecule has 4 rings (SSSR count). The fourth-order valence-electron chi connectivity index (χ4n) is 3.29. The van der Waals surface area contributed by atoms with Crippen LogP contribution in [0.15, 0.2) is 51.9 Å². The number of benzene rings is 1. The maximum Gasteiger partial charge on any atom is 0.289 e. The zero-order valence-corrected chi connectivity index (χ0v) is 15.6. The fraction of sp³-hybridized carbons (Fsp3) is 0.316. The van der Waals surface area contributed by atoms with Gasteiger partial charge < -0.3 is 14.2 Å². The number of hydrogen-bond donors (Lipinski definition) is 0. The molecule has 0 saturated carbocycles. The zero-order valence-electron chi connectivity index (χ0n) is 14.8. The summed E-state index contributed by atoms with van der Waals surface area (Å²) in [5.74, 6) is 0.0367. The summed E-state index contributed by atoms with van der Waals surface area (Å²) in [6, 6.07) is 10.1. The Morgan fingerprint density at radius 1 is 1.04 bits per heavy atom. The Labute approximate surface area is 159 Å². The topological polar surface area (TPSA) is 75.8 Å². The van der Waals surface area contributed by atoms with Gasteiger partial charge in [-0.25, -0.2) is 0 Å². The Kier molecular flexibility index (Phi) is 4.57. The Bertz CT molecular complexity index is 1030. The van der Waals surface area contributed by atoms with Crippen molar-refractivity contribution in [3.8, 4) is 0 Å². The van der Waals surface area contributed by atoms with Gasteiger partial charge in [0.15, 0.2) is 5.76 Å². The summed E-state index contributed by atoms with van der Waals surface area (Å²) < 4.78 is 7.56. The molecule has 27 heavy (non-hydrogen) atoms. The van der Waals surface area contributed by atoms with E-state index >= 15 is 0 Å². The first-order chi connectivity index (χ1) is 13.1. The van der Waals surface area contributed by atoms with Crippen LogP contribution in [-0.4, -0.2) is 51.7 Å². The molecule has 0 N–H and O–H groups in total. The number of furan rings is 1. The van der Waals surface area contributed by atoms with Crippen LogP contribution in [-0.2, 0) is 4.79 Å². The Balaban J connectivity index is 1.45. The first-order valence-corrected chi connectivity index (χ1v) is 9.55. The molecule has 0 bridgehead atoms. The average Bonchev–Trinajstić information content (AvgIpc) is 3.35. The molecule has 0 aliphatic carbocycles. The Morgan fingerprint density at radius 2 is 1.74 bits per heavy atom. The molecule has 2 aromatic heterocycles. The number of piperazine rings is 1. The lowest BCUT2D eigenvalue weighted by molar-refractivity contribution is -0.135. The molecule has 0 spiro atoms. The summed E-state index contributed by atoms with van der Waals surface area (Å²) in [4.78, 5) is 41.2. The van der Waals surface area contributed by atoms with E-state index < -0.39 is 6.04 Å². The lowest BCUT2D eigenvalue weighted by Crippen LogP contribution is -2.52. The number of nitrogens with zero attached hydrogens (tertiary/aromatic N) is 3. The van der Waals surface area contributed by atoms with Gasteiger partial charge in [-0.1, -0.05) is 23.7 Å². The number of rotatable bonds is 3. The van der Waals surface area contributed by atoms with Gasteiger partial charge in [0.05, 0.1) is 16.3 Å². The third-order valence-corrected chi connectivity index (χ3v) is 6.07. The van der Waals surface area contributed by atoms with E-state index in [4.69, 9.17) is 4.42 Å². The number of carbonyl (C=O) groups is 2. The van der Waals surface area contributed by atoms with E-state index in [-0.39, 0.29) is 17.4 Å². The second-order valence-electron chi connectivity index (χ2n) is 6.49. The second kappa shape index (κ2) is 7.03. The van der Waals surface area contributed by atoms with Crippen molar-refractivity contribution in [3.63, 3.8) is 0 Å². The summed E-state index contributed by atoms with van der Waals surface area (Å²) >= 11 is 1.31. The standard InChI is InChI=1S/C19H19N3O4S/c1-13(22-18(24)14-5-2-3-7-16(14)27-22)17(23)20-8-10-21(11-9-20)19(25)15-6-4-12-26-15/h2-7,12-13H,8-11H2,1H3. The van der Waals surface area contributed by atoms with E-state index in [9.17, 15) is 14.4 Å². The smallest absolute Gasteiger partial charge is 0.289 e. The van der Waals surface area contributed by atoms with Crippen LogP contribution in [0.3, 0.4) is 0 Å². The molecule has 140 valence electrons. The van der Waals surface area contributed by atoms with Crippen molar-refractivity contribution in [1.82, 2.24) is 13.8 Å². The summed E-state index contributed by atoms with van der Waals surface area (Å²) in [5, 5.41) is 0.635. The van der Waals surface area contributed by atoms with E-state index in [1.54, 1.807) is 34.9 Å². The van der Waals surface area contributed by atoms with Crippen LogP contribution in [0.4, 0.5) is 0 Å². The molecule has 1 aromatic carbocycles. The third kappa shape index (κ3) is 3.16. The molecule has 8 heteroatoms. The van der Waals surface area contributed by atoms with Gasteiger partial charge in [0.25, 0.3) is 11.5 Å². The molecule has 3 aromatic rings. The maximum atomic E-state index is 12.9. The lowest BCUT2D eigenvalue weighted by atomic mass is 10.2. The highest BCUT2D eigenvalue weighted by Crippen LogP contribution is 2.21. The lowest BCUT2D eigenvalue weighted by Gasteiger charge is -2.35. The van der Waals surface area contributed by atoms with Crippen LogP contribution in [0.2, 0.25) is 0 Å². The van der Waals surface area contributed by atoms with Crippen molar-refractivity contribution in [3.05, 3.63) is 58.8 Å². The van der Waals surface area contributed by atoms with E-state index in [2.05, 4.69) is 0 Å². The Hall–Kier alpha value is -2.87. The van der Waals surface area contributed by atoms with E-state index in [1.165, 1.54) is 21.8 Å². The largest absolute Gasteiger partial charge is 0.459 e. The number of fused-ring (bicyclic) bond motifs is 1. The van der Waals surface area contributed by atoms with Gasteiger partial charge >= 0.3 is 0 Å². The minimum atomic E-state index is -0.567. The van der Waals surface area contributed by atoms with Crippen LogP contribution in [0, 0.1) is 0 Å². The number of aromatic nitrogens is 1. The Morgan fingerprint density at radius 3 is 2.41 bits per heavy atom. The van der Waals surface area contributed by atoms with Gasteiger partial charge in [0.1, 0.15) is 6.04 Å². The molecule has 3 heterocycles. The molecule has 0 radical (unpaired) electrons. The number of hydrogen-bond acceptors (Lipinski definition) is 5. The SMILES string of the molecule is CC(C(=O)N1CCN(C(=O)c2ccco2)CC1)n1sc2ccccc2c1=O. The molecule has 1 aliphatic heterocycles. The normalized spacial score (nSPS) is 15.9. The average molecular weight is 385 g/mol. The highest BCUT2D eigenvalue weighted by atomic mass is 32.1. The van der Waals surface area contributed by atoms with E-state index in [1.807, 2.05) is 18.2 Å². The van der Waals surface area contributed by atoms with Gasteiger partial charge in [0, 0.05) is 26.2 Å². The van der Waals surface area contributed by atoms with Crippen LogP contribution in [0.25, 0.3) is 10.1 Å². The van der Waals surface area contributed by atoms with E-state index in [0.717, 1.165) is 4.70 Å². The molecule has 1 aliphatic rings. The van der Waals surface area contributed by atoms with Crippen molar-refractivity contribution in [2.24, 2.45) is 0 Å². The molecule has 7 nitrogen and oxygen atoms in total. The van der Waals surface area contributed by atoms with Crippen molar-refractivity contribution in [2.45, 2.75) is 13.0 Å². The molecule has 1 atom stereocenters. The predicted molar refractivity (Wildman–Crippen MR) is 102 cm³/mol. The van der Waals surface area contributed by atoms with Gasteiger partial charge in [-0.2, -0.15) is 0 Å². The van der Waals surface area contributed by atoms with Gasteiger partial charge in [-0.15, -0.1) is 0 Å². The minimum Gasteiger partial charge on any atom is -0.459 e. The first-order valence-electron chi connectivity index (χ1n) is 8.78. The van der Waals surface area contributed by atoms with Crippen molar-refractivity contribution in [2.75, 3.05) is 26.2 Å². The summed E-state index contributed by atoms with van der Waals surface area (Å²) in [6.45, 7) is 3.52. The quantitative estimate of drug-likeness (QED) is 0.693. The van der Waals surface area contributed by atoms with Crippen molar-refractivity contribution >= 4 is 33.4 Å². The van der Waals surface area contributed by atoms with Gasteiger partial charge in [-0.05, 0) is 31.2 Å². The van der Waals surface area contributed by atoms with Crippen LogP contribution in [0.1, 0.15) is 23.5 Å². The summed E-state index contributed by atoms with van der Waals surface area (Å²) in [5.41, 5.74) is -0.136. The highest BCUT2D eigenvalue weighted by molar-refractivity contribution is 7.14. The number of carbonyl (C=O) groups excluding carboxylic acids is 2.